The second-order valence-electron chi connectivity index (χ2n) is 9.63. The zero-order valence-corrected chi connectivity index (χ0v) is 20.3. The molecule has 2 fully saturated rings. The van der Waals surface area contributed by atoms with Crippen LogP contribution in [0.15, 0.2) is 46.7 Å². The van der Waals surface area contributed by atoms with Crippen LogP contribution in [0.2, 0.25) is 0 Å². The molecule has 5 rings (SSSR count). The summed E-state index contributed by atoms with van der Waals surface area (Å²) in [6.45, 7) is 7.25. The van der Waals surface area contributed by atoms with Gasteiger partial charge >= 0.3 is 6.18 Å². The first kappa shape index (κ1) is 25.2. The van der Waals surface area contributed by atoms with Gasteiger partial charge in [-0.1, -0.05) is 6.08 Å². The van der Waals surface area contributed by atoms with Crippen LogP contribution in [0.4, 0.5) is 39.5 Å². The minimum Gasteiger partial charge on any atom is -0.371 e. The number of fused-ring (bicyclic) bond motifs is 3. The number of rotatable bonds is 6. The highest BCUT2D eigenvalue weighted by Crippen LogP contribution is 2.41. The molecule has 1 saturated heterocycles. The molecule has 0 unspecified atom stereocenters. The van der Waals surface area contributed by atoms with E-state index in [0.717, 1.165) is 37.5 Å². The third-order valence-electron chi connectivity index (χ3n) is 7.40. The van der Waals surface area contributed by atoms with Gasteiger partial charge in [-0.15, -0.1) is 5.10 Å². The molecule has 198 valence electrons. The van der Waals surface area contributed by atoms with Gasteiger partial charge in [0.1, 0.15) is 5.70 Å². The number of likely N-dealkylation sites (tertiary alicyclic amines) is 1. The highest BCUT2D eigenvalue weighted by molar-refractivity contribution is 5.59. The Kier molecular flexibility index (Phi) is 6.67. The molecule has 0 amide bonds. The summed E-state index contributed by atoms with van der Waals surface area (Å²) in [4.78, 5) is 11.6. The van der Waals surface area contributed by atoms with E-state index < -0.39 is 23.5 Å². The van der Waals surface area contributed by atoms with Crippen molar-refractivity contribution in [3.05, 3.63) is 53.4 Å². The van der Waals surface area contributed by atoms with Crippen molar-refractivity contribution in [2.75, 3.05) is 29.9 Å². The number of halogens is 5. The third kappa shape index (κ3) is 4.93. The number of hydrogen-bond donors (Lipinski definition) is 1. The molecule has 12 heteroatoms. The van der Waals surface area contributed by atoms with Gasteiger partial charge in [0.25, 0.3) is 0 Å². The van der Waals surface area contributed by atoms with E-state index in [-0.39, 0.29) is 17.9 Å². The molecule has 2 bridgehead atoms. The maximum atomic E-state index is 13.8. The van der Waals surface area contributed by atoms with E-state index in [2.05, 4.69) is 27.1 Å². The zero-order valence-electron chi connectivity index (χ0n) is 20.3. The molecule has 1 aliphatic carbocycles. The van der Waals surface area contributed by atoms with Crippen molar-refractivity contribution < 1.29 is 22.0 Å². The first-order valence-corrected chi connectivity index (χ1v) is 12.3. The largest absolute Gasteiger partial charge is 0.433 e. The lowest BCUT2D eigenvalue weighted by Gasteiger charge is -2.40. The van der Waals surface area contributed by atoms with E-state index in [4.69, 9.17) is 0 Å². The Balaban J connectivity index is 1.32. The zero-order chi connectivity index (χ0) is 26.3. The smallest absolute Gasteiger partial charge is 0.371 e. The molecule has 2 aliphatic heterocycles. The number of piperidine rings is 1. The van der Waals surface area contributed by atoms with E-state index in [0.29, 0.717) is 49.5 Å². The Bertz CT molecular complexity index is 1220. The standard InChI is InChI=1S/C25H28F5N7/c1-3-17(12-21(31-2)25(28,29)30)35-13-15-5-6-16(14-35)22(15)32-23-33-24-36(9-4-10-37(24)34-23)18-7-8-19(26)20(27)11-18/h3,7-8,11-12,15-16,22H,2,4-6,9-10,13-14H2,1H3,(H,32,34)/b17-3+,21-12-/t15-,16+,22-. The maximum Gasteiger partial charge on any atom is 0.433 e. The summed E-state index contributed by atoms with van der Waals surface area (Å²) in [7, 11) is 0. The van der Waals surface area contributed by atoms with E-state index in [1.807, 2.05) is 9.80 Å². The summed E-state index contributed by atoms with van der Waals surface area (Å²) in [6, 6.07) is 3.86. The van der Waals surface area contributed by atoms with Gasteiger partial charge in [-0.25, -0.2) is 13.5 Å². The maximum absolute atomic E-state index is 13.8. The Hall–Kier alpha value is -3.44. The molecule has 3 heterocycles. The van der Waals surface area contributed by atoms with Crippen molar-refractivity contribution in [1.29, 1.82) is 0 Å². The third-order valence-corrected chi connectivity index (χ3v) is 7.40. The topological polar surface area (TPSA) is 61.6 Å². The minimum atomic E-state index is -4.56. The molecule has 1 N–H and O–H groups in total. The Morgan fingerprint density at radius 3 is 2.49 bits per heavy atom. The predicted molar refractivity (Wildman–Crippen MR) is 131 cm³/mol. The monoisotopic (exact) mass is 521 g/mol. The molecular weight excluding hydrogens is 493 g/mol. The molecule has 7 nitrogen and oxygen atoms in total. The van der Waals surface area contributed by atoms with Crippen LogP contribution < -0.4 is 10.2 Å². The first-order valence-electron chi connectivity index (χ1n) is 12.3. The van der Waals surface area contributed by atoms with Crippen molar-refractivity contribution in [3.63, 3.8) is 0 Å². The molecule has 2 aromatic rings. The number of aryl methyl sites for hydroxylation is 1. The number of anilines is 3. The molecule has 3 atom stereocenters. The second kappa shape index (κ2) is 9.79. The highest BCUT2D eigenvalue weighted by Gasteiger charge is 2.43. The van der Waals surface area contributed by atoms with E-state index in [9.17, 15) is 22.0 Å². The number of nitrogens with zero attached hydrogens (tertiary/aromatic N) is 6. The van der Waals surface area contributed by atoms with Crippen LogP contribution in [-0.2, 0) is 6.54 Å². The van der Waals surface area contributed by atoms with E-state index in [1.165, 1.54) is 6.07 Å². The fourth-order valence-electron chi connectivity index (χ4n) is 5.65. The van der Waals surface area contributed by atoms with Crippen molar-refractivity contribution in [2.24, 2.45) is 16.8 Å². The number of alkyl halides is 3. The fourth-order valence-corrected chi connectivity index (χ4v) is 5.65. The van der Waals surface area contributed by atoms with Gasteiger partial charge in [-0.2, -0.15) is 18.2 Å². The van der Waals surface area contributed by atoms with Crippen LogP contribution in [0.1, 0.15) is 26.2 Å². The van der Waals surface area contributed by atoms with Gasteiger partial charge < -0.3 is 15.1 Å². The average molecular weight is 522 g/mol. The molecule has 3 aliphatic rings. The van der Waals surface area contributed by atoms with Crippen LogP contribution in [-0.4, -0.2) is 58.2 Å². The van der Waals surface area contributed by atoms with Gasteiger partial charge in [-0.3, -0.25) is 4.99 Å². The SMILES string of the molecule is C=N/C(=C\C(=C/C)N1C[C@H]2CC[C@@H](C1)[C@@H]2Nc1nc2n(n1)CCCN2c1ccc(F)c(F)c1)C(F)(F)F. The van der Waals surface area contributed by atoms with Gasteiger partial charge in [0.05, 0.1) is 0 Å². The summed E-state index contributed by atoms with van der Waals surface area (Å²) in [5.74, 6) is -0.397. The highest BCUT2D eigenvalue weighted by atomic mass is 19.4. The Morgan fingerprint density at radius 1 is 1.14 bits per heavy atom. The number of allylic oxidation sites excluding steroid dienone is 3. The molecule has 0 radical (unpaired) electrons. The predicted octanol–water partition coefficient (Wildman–Crippen LogP) is 5.27. The first-order chi connectivity index (χ1) is 17.7. The molecule has 0 spiro atoms. The summed E-state index contributed by atoms with van der Waals surface area (Å²) in [5.41, 5.74) is -0.0224. The van der Waals surface area contributed by atoms with Crippen molar-refractivity contribution >= 4 is 24.3 Å². The van der Waals surface area contributed by atoms with Crippen molar-refractivity contribution in [1.82, 2.24) is 19.7 Å². The van der Waals surface area contributed by atoms with Gasteiger partial charge in [0.15, 0.2) is 11.6 Å². The molecule has 1 aromatic heterocycles. The van der Waals surface area contributed by atoms with Crippen LogP contribution in [0.25, 0.3) is 0 Å². The van der Waals surface area contributed by atoms with E-state index >= 15 is 0 Å². The molecule has 37 heavy (non-hydrogen) atoms. The number of hydrogen-bond acceptors (Lipinski definition) is 6. The normalized spacial score (nSPS) is 24.3. The van der Waals surface area contributed by atoms with Crippen LogP contribution >= 0.6 is 0 Å². The number of nitrogens with one attached hydrogen (secondary N) is 1. The molecular formula is C25H28F5N7. The average Bonchev–Trinajstić information content (AvgIpc) is 3.36. The molecule has 1 saturated carbocycles. The van der Waals surface area contributed by atoms with Crippen LogP contribution in [0, 0.1) is 23.5 Å². The Morgan fingerprint density at radius 2 is 1.86 bits per heavy atom. The second-order valence-corrected chi connectivity index (χ2v) is 9.63. The fraction of sp³-hybridized carbons (Fsp3) is 0.480. The number of aliphatic imine (C=N–C) groups is 1. The summed E-state index contributed by atoms with van der Waals surface area (Å²) >= 11 is 0. The lowest BCUT2D eigenvalue weighted by molar-refractivity contribution is -0.0923. The van der Waals surface area contributed by atoms with Gasteiger partial charge in [0.2, 0.25) is 11.9 Å². The lowest BCUT2D eigenvalue weighted by Crippen LogP contribution is -2.47. The van der Waals surface area contributed by atoms with E-state index in [1.54, 1.807) is 17.7 Å². The van der Waals surface area contributed by atoms with Crippen LogP contribution in [0.5, 0.6) is 0 Å². The number of aromatic nitrogens is 3. The molecule has 1 aromatic carbocycles. The summed E-state index contributed by atoms with van der Waals surface area (Å²) in [6.07, 6.45) is 0.825. The summed E-state index contributed by atoms with van der Waals surface area (Å²) < 4.78 is 68.7. The Labute approximate surface area is 211 Å². The van der Waals surface area contributed by atoms with Crippen molar-refractivity contribution in [2.45, 2.75) is 44.9 Å². The van der Waals surface area contributed by atoms with Gasteiger partial charge in [0, 0.05) is 49.7 Å². The number of benzene rings is 1. The quantitative estimate of drug-likeness (QED) is 0.319. The van der Waals surface area contributed by atoms with Crippen molar-refractivity contribution in [3.8, 4) is 0 Å². The minimum absolute atomic E-state index is 0.0825. The lowest BCUT2D eigenvalue weighted by atomic mass is 9.91. The summed E-state index contributed by atoms with van der Waals surface area (Å²) in [5, 5.41) is 8.08. The van der Waals surface area contributed by atoms with Crippen LogP contribution in [0.3, 0.4) is 0 Å². The van der Waals surface area contributed by atoms with Gasteiger partial charge in [-0.05, 0) is 62.9 Å².